The zero-order valence-electron chi connectivity index (χ0n) is 9.96. The first kappa shape index (κ1) is 13.0. The number of nitrogens with two attached hydrogens (primary N) is 1. The second-order valence-corrected chi connectivity index (χ2v) is 4.66. The number of rotatable bonds is 3. The summed E-state index contributed by atoms with van der Waals surface area (Å²) in [5, 5.41) is 3.22. The molecule has 0 bridgehead atoms. The van der Waals surface area contributed by atoms with Gasteiger partial charge in [0.2, 0.25) is 5.91 Å². The first-order valence-electron chi connectivity index (χ1n) is 6.04. The number of halogens is 2. The monoisotopic (exact) mass is 254 g/mol. The molecule has 1 fully saturated rings. The Labute approximate surface area is 104 Å². The average molecular weight is 254 g/mol. The fourth-order valence-electron chi connectivity index (χ4n) is 2.43. The number of hydrogen-bond acceptors (Lipinski definition) is 2. The summed E-state index contributed by atoms with van der Waals surface area (Å²) in [5.74, 6) is -2.30. The van der Waals surface area contributed by atoms with E-state index in [1.54, 1.807) is 0 Å². The standard InChI is InChI=1S/C13H16F2N2O/c14-10-4-3-8(6-11(10)15)7-12-9(13(16)18)2-1-5-17-12/h3-4,6,9,12,17H,1-2,5,7H2,(H2,16,18). The second-order valence-electron chi connectivity index (χ2n) is 4.66. The van der Waals surface area contributed by atoms with Crippen LogP contribution in [0.15, 0.2) is 18.2 Å². The van der Waals surface area contributed by atoms with Gasteiger partial charge in [-0.3, -0.25) is 4.79 Å². The zero-order chi connectivity index (χ0) is 13.1. The first-order chi connectivity index (χ1) is 8.58. The molecule has 1 saturated heterocycles. The van der Waals surface area contributed by atoms with Gasteiger partial charge in [0.15, 0.2) is 11.6 Å². The van der Waals surface area contributed by atoms with Crippen LogP contribution in [0.2, 0.25) is 0 Å². The lowest BCUT2D eigenvalue weighted by Gasteiger charge is -2.30. The third kappa shape index (κ3) is 2.85. The summed E-state index contributed by atoms with van der Waals surface area (Å²) in [6.45, 7) is 0.818. The fraction of sp³-hybridized carbons (Fsp3) is 0.462. The Kier molecular flexibility index (Phi) is 3.91. The molecule has 18 heavy (non-hydrogen) atoms. The van der Waals surface area contributed by atoms with Crippen molar-refractivity contribution < 1.29 is 13.6 Å². The summed E-state index contributed by atoms with van der Waals surface area (Å²) < 4.78 is 25.9. The number of nitrogens with one attached hydrogen (secondary N) is 1. The van der Waals surface area contributed by atoms with Crippen molar-refractivity contribution in [3.8, 4) is 0 Å². The van der Waals surface area contributed by atoms with Gasteiger partial charge in [-0.15, -0.1) is 0 Å². The van der Waals surface area contributed by atoms with Gasteiger partial charge in [0, 0.05) is 6.04 Å². The highest BCUT2D eigenvalue weighted by molar-refractivity contribution is 5.77. The molecule has 1 amide bonds. The lowest BCUT2D eigenvalue weighted by Crippen LogP contribution is -2.48. The van der Waals surface area contributed by atoms with Crippen LogP contribution in [0.1, 0.15) is 18.4 Å². The van der Waals surface area contributed by atoms with Gasteiger partial charge < -0.3 is 11.1 Å². The minimum atomic E-state index is -0.862. The molecule has 0 saturated carbocycles. The number of primary amides is 1. The van der Waals surface area contributed by atoms with Crippen molar-refractivity contribution in [1.82, 2.24) is 5.32 Å². The average Bonchev–Trinajstić information content (AvgIpc) is 2.34. The minimum absolute atomic E-state index is 0.0962. The van der Waals surface area contributed by atoms with E-state index >= 15 is 0 Å². The zero-order valence-corrected chi connectivity index (χ0v) is 9.96. The fourth-order valence-corrected chi connectivity index (χ4v) is 2.43. The van der Waals surface area contributed by atoms with Crippen molar-refractivity contribution in [2.75, 3.05) is 6.54 Å². The van der Waals surface area contributed by atoms with E-state index < -0.39 is 11.6 Å². The van der Waals surface area contributed by atoms with Crippen LogP contribution in [-0.4, -0.2) is 18.5 Å². The summed E-state index contributed by atoms with van der Waals surface area (Å²) in [4.78, 5) is 11.3. The Balaban J connectivity index is 2.10. The van der Waals surface area contributed by atoms with Gasteiger partial charge in [0.1, 0.15) is 0 Å². The van der Waals surface area contributed by atoms with E-state index in [1.807, 2.05) is 0 Å². The number of hydrogen-bond donors (Lipinski definition) is 2. The predicted octanol–water partition coefficient (Wildman–Crippen LogP) is 1.36. The molecule has 3 nitrogen and oxygen atoms in total. The second kappa shape index (κ2) is 5.44. The van der Waals surface area contributed by atoms with Gasteiger partial charge in [0.25, 0.3) is 0 Å². The normalized spacial score (nSPS) is 23.9. The molecule has 0 aliphatic carbocycles. The molecule has 98 valence electrons. The highest BCUT2D eigenvalue weighted by atomic mass is 19.2. The molecule has 2 rings (SSSR count). The van der Waals surface area contributed by atoms with Crippen molar-refractivity contribution in [1.29, 1.82) is 0 Å². The largest absolute Gasteiger partial charge is 0.369 e. The molecule has 2 atom stereocenters. The van der Waals surface area contributed by atoms with Crippen LogP contribution in [0, 0.1) is 17.6 Å². The molecule has 2 unspecified atom stereocenters. The lowest BCUT2D eigenvalue weighted by molar-refractivity contribution is -0.123. The number of carbonyl (C=O) groups excluding carboxylic acids is 1. The lowest BCUT2D eigenvalue weighted by atomic mass is 9.86. The first-order valence-corrected chi connectivity index (χ1v) is 6.04. The van der Waals surface area contributed by atoms with E-state index in [1.165, 1.54) is 12.1 Å². The molecule has 1 aliphatic rings. The Hall–Kier alpha value is -1.49. The summed E-state index contributed by atoms with van der Waals surface area (Å²) in [5.41, 5.74) is 6.02. The van der Waals surface area contributed by atoms with Crippen molar-refractivity contribution >= 4 is 5.91 Å². The molecule has 0 aromatic heterocycles. The molecule has 0 spiro atoms. The number of amides is 1. The Morgan fingerprint density at radius 1 is 1.39 bits per heavy atom. The highest BCUT2D eigenvalue weighted by Gasteiger charge is 2.29. The molecule has 1 aromatic rings. The third-order valence-corrected chi connectivity index (χ3v) is 3.39. The van der Waals surface area contributed by atoms with Gasteiger partial charge in [-0.25, -0.2) is 8.78 Å². The quantitative estimate of drug-likeness (QED) is 0.855. The van der Waals surface area contributed by atoms with E-state index in [9.17, 15) is 13.6 Å². The van der Waals surface area contributed by atoms with Crippen molar-refractivity contribution in [2.45, 2.75) is 25.3 Å². The van der Waals surface area contributed by atoms with Crippen LogP contribution < -0.4 is 11.1 Å². The van der Waals surface area contributed by atoms with Gasteiger partial charge in [-0.05, 0) is 43.5 Å². The molecule has 5 heteroatoms. The molecule has 1 aromatic carbocycles. The summed E-state index contributed by atoms with van der Waals surface area (Å²) >= 11 is 0. The maximum Gasteiger partial charge on any atom is 0.222 e. The number of carbonyl (C=O) groups is 1. The van der Waals surface area contributed by atoms with Gasteiger partial charge >= 0.3 is 0 Å². The number of benzene rings is 1. The Morgan fingerprint density at radius 3 is 2.83 bits per heavy atom. The van der Waals surface area contributed by atoms with E-state index in [2.05, 4.69) is 5.32 Å². The highest BCUT2D eigenvalue weighted by Crippen LogP contribution is 2.20. The minimum Gasteiger partial charge on any atom is -0.369 e. The van der Waals surface area contributed by atoms with E-state index in [4.69, 9.17) is 5.73 Å². The maximum atomic E-state index is 13.1. The third-order valence-electron chi connectivity index (χ3n) is 3.39. The molecule has 1 aliphatic heterocycles. The molecular weight excluding hydrogens is 238 g/mol. The summed E-state index contributed by atoms with van der Waals surface area (Å²) in [6, 6.07) is 3.71. The van der Waals surface area contributed by atoms with Crippen LogP contribution in [0.4, 0.5) is 8.78 Å². The molecule has 1 heterocycles. The van der Waals surface area contributed by atoms with Crippen LogP contribution in [0.5, 0.6) is 0 Å². The van der Waals surface area contributed by atoms with Crippen molar-refractivity contribution in [2.24, 2.45) is 11.7 Å². The summed E-state index contributed by atoms with van der Waals surface area (Å²) in [7, 11) is 0. The SMILES string of the molecule is NC(=O)C1CCCNC1Cc1ccc(F)c(F)c1. The Morgan fingerprint density at radius 2 is 2.17 bits per heavy atom. The number of piperidine rings is 1. The van der Waals surface area contributed by atoms with Crippen molar-refractivity contribution in [3.63, 3.8) is 0 Å². The molecule has 0 radical (unpaired) electrons. The van der Waals surface area contributed by atoms with Crippen LogP contribution >= 0.6 is 0 Å². The van der Waals surface area contributed by atoms with E-state index in [-0.39, 0.29) is 17.9 Å². The van der Waals surface area contributed by atoms with E-state index in [0.29, 0.717) is 12.0 Å². The van der Waals surface area contributed by atoms with Gasteiger partial charge in [-0.1, -0.05) is 6.07 Å². The smallest absolute Gasteiger partial charge is 0.222 e. The van der Waals surface area contributed by atoms with Crippen molar-refractivity contribution in [3.05, 3.63) is 35.4 Å². The topological polar surface area (TPSA) is 55.1 Å². The molecular formula is C13H16F2N2O. The molecule has 3 N–H and O–H groups in total. The summed E-state index contributed by atoms with van der Waals surface area (Å²) in [6.07, 6.45) is 2.13. The van der Waals surface area contributed by atoms with Gasteiger partial charge in [-0.2, -0.15) is 0 Å². The van der Waals surface area contributed by atoms with Gasteiger partial charge in [0.05, 0.1) is 5.92 Å². The van der Waals surface area contributed by atoms with E-state index in [0.717, 1.165) is 25.5 Å². The Bertz CT molecular complexity index is 451. The predicted molar refractivity (Wildman–Crippen MR) is 63.8 cm³/mol. The van der Waals surface area contributed by atoms with Crippen LogP contribution in [-0.2, 0) is 11.2 Å². The van der Waals surface area contributed by atoms with Crippen LogP contribution in [0.25, 0.3) is 0 Å². The maximum absolute atomic E-state index is 13.1. The van der Waals surface area contributed by atoms with Crippen LogP contribution in [0.3, 0.4) is 0 Å².